The maximum Gasteiger partial charge on any atom is 0.226 e. The van der Waals surface area contributed by atoms with Gasteiger partial charge in [0.15, 0.2) is 11.8 Å². The molecule has 0 aliphatic heterocycles. The van der Waals surface area contributed by atoms with Gasteiger partial charge < -0.3 is 24.6 Å². The average molecular weight is 489 g/mol. The summed E-state index contributed by atoms with van der Waals surface area (Å²) >= 11 is 0. The predicted molar refractivity (Wildman–Crippen MR) is 115 cm³/mol. The smallest absolute Gasteiger partial charge is 0.226 e. The summed E-state index contributed by atoms with van der Waals surface area (Å²) in [6, 6.07) is 7.56. The van der Waals surface area contributed by atoms with Crippen LogP contribution in [0.25, 0.3) is 0 Å². The van der Waals surface area contributed by atoms with E-state index >= 15 is 0 Å². The van der Waals surface area contributed by atoms with Gasteiger partial charge in [0.1, 0.15) is 17.6 Å². The standard InChI is InChI=1S/C18H27N5O3.HI/c1-13(25-16-8-5-7-15(11-16)24-4)12-21-18(19-3)20-10-6-9-17-22-14(2)23-26-17;/h5,7-8,11,13H,6,9-10,12H2,1-4H3,(H2,19,20,21);1H. The molecule has 150 valence electrons. The van der Waals surface area contributed by atoms with Crippen molar-refractivity contribution in [2.24, 2.45) is 4.99 Å². The van der Waals surface area contributed by atoms with Crippen LogP contribution in [0.1, 0.15) is 25.1 Å². The van der Waals surface area contributed by atoms with Crippen molar-refractivity contribution in [3.8, 4) is 11.5 Å². The molecule has 0 saturated carbocycles. The molecule has 0 radical (unpaired) electrons. The maximum atomic E-state index is 5.88. The lowest BCUT2D eigenvalue weighted by Gasteiger charge is -2.18. The van der Waals surface area contributed by atoms with Gasteiger partial charge in [-0.1, -0.05) is 11.2 Å². The summed E-state index contributed by atoms with van der Waals surface area (Å²) in [5.74, 6) is 3.60. The zero-order valence-electron chi connectivity index (χ0n) is 16.2. The monoisotopic (exact) mass is 489 g/mol. The fourth-order valence-electron chi connectivity index (χ4n) is 2.30. The number of guanidine groups is 1. The molecular formula is C18H28IN5O3. The van der Waals surface area contributed by atoms with Crippen molar-refractivity contribution >= 4 is 29.9 Å². The third-order valence-electron chi connectivity index (χ3n) is 3.59. The number of aliphatic imine (C=N–C) groups is 1. The van der Waals surface area contributed by atoms with E-state index in [0.717, 1.165) is 36.8 Å². The Kier molecular flexibility index (Phi) is 10.5. The second kappa shape index (κ2) is 12.4. The lowest BCUT2D eigenvalue weighted by Crippen LogP contribution is -2.42. The number of hydrogen-bond acceptors (Lipinski definition) is 6. The zero-order valence-corrected chi connectivity index (χ0v) is 18.5. The molecule has 27 heavy (non-hydrogen) atoms. The fraction of sp³-hybridized carbons (Fsp3) is 0.500. The Morgan fingerprint density at radius 3 is 2.74 bits per heavy atom. The number of hydrogen-bond donors (Lipinski definition) is 2. The van der Waals surface area contributed by atoms with Gasteiger partial charge in [-0.15, -0.1) is 24.0 Å². The van der Waals surface area contributed by atoms with Gasteiger partial charge in [-0.05, 0) is 32.4 Å². The van der Waals surface area contributed by atoms with Crippen molar-refractivity contribution in [3.05, 3.63) is 36.0 Å². The molecule has 0 saturated heterocycles. The molecule has 2 aromatic rings. The van der Waals surface area contributed by atoms with Crippen molar-refractivity contribution < 1.29 is 14.0 Å². The summed E-state index contributed by atoms with van der Waals surface area (Å²) in [6.45, 7) is 5.19. The number of nitrogens with one attached hydrogen (secondary N) is 2. The third kappa shape index (κ3) is 8.46. The fourth-order valence-corrected chi connectivity index (χ4v) is 2.30. The highest BCUT2D eigenvalue weighted by molar-refractivity contribution is 14.0. The number of aromatic nitrogens is 2. The van der Waals surface area contributed by atoms with Gasteiger partial charge in [-0.3, -0.25) is 4.99 Å². The highest BCUT2D eigenvalue weighted by atomic mass is 127. The van der Waals surface area contributed by atoms with Crippen molar-refractivity contribution in [1.82, 2.24) is 20.8 Å². The molecule has 1 unspecified atom stereocenters. The van der Waals surface area contributed by atoms with Gasteiger partial charge in [0, 0.05) is 26.1 Å². The Morgan fingerprint density at radius 2 is 2.07 bits per heavy atom. The minimum Gasteiger partial charge on any atom is -0.497 e. The average Bonchev–Trinajstić information content (AvgIpc) is 3.06. The van der Waals surface area contributed by atoms with Gasteiger partial charge >= 0.3 is 0 Å². The molecule has 0 amide bonds. The number of nitrogens with zero attached hydrogens (tertiary/aromatic N) is 3. The van der Waals surface area contributed by atoms with Gasteiger partial charge in [-0.2, -0.15) is 4.98 Å². The Balaban J connectivity index is 0.00000364. The number of ether oxygens (including phenoxy) is 2. The van der Waals surface area contributed by atoms with Gasteiger partial charge in [0.2, 0.25) is 5.89 Å². The lowest BCUT2D eigenvalue weighted by molar-refractivity contribution is 0.223. The van der Waals surface area contributed by atoms with E-state index in [2.05, 4.69) is 25.8 Å². The Morgan fingerprint density at radius 1 is 1.30 bits per heavy atom. The first-order valence-electron chi connectivity index (χ1n) is 8.65. The van der Waals surface area contributed by atoms with Crippen LogP contribution < -0.4 is 20.1 Å². The van der Waals surface area contributed by atoms with Crippen LogP contribution in [-0.2, 0) is 6.42 Å². The van der Waals surface area contributed by atoms with Crippen LogP contribution in [-0.4, -0.2) is 49.5 Å². The molecule has 0 aliphatic carbocycles. The van der Waals surface area contributed by atoms with E-state index in [9.17, 15) is 0 Å². The lowest BCUT2D eigenvalue weighted by atomic mass is 10.3. The molecule has 2 rings (SSSR count). The molecule has 2 N–H and O–H groups in total. The first kappa shape index (κ1) is 23.0. The van der Waals surface area contributed by atoms with Crippen molar-refractivity contribution in [2.75, 3.05) is 27.2 Å². The first-order valence-corrected chi connectivity index (χ1v) is 8.65. The largest absolute Gasteiger partial charge is 0.497 e. The van der Waals surface area contributed by atoms with Crippen molar-refractivity contribution in [2.45, 2.75) is 32.8 Å². The molecule has 1 aromatic carbocycles. The van der Waals surface area contributed by atoms with Crippen LogP contribution in [0.3, 0.4) is 0 Å². The van der Waals surface area contributed by atoms with Crippen LogP contribution in [0.15, 0.2) is 33.8 Å². The number of aryl methyl sites for hydroxylation is 2. The Labute approximate surface area is 177 Å². The summed E-state index contributed by atoms with van der Waals surface area (Å²) in [5.41, 5.74) is 0. The summed E-state index contributed by atoms with van der Waals surface area (Å²) in [6.07, 6.45) is 1.58. The van der Waals surface area contributed by atoms with E-state index in [-0.39, 0.29) is 30.1 Å². The zero-order chi connectivity index (χ0) is 18.8. The number of benzene rings is 1. The second-order valence-corrected chi connectivity index (χ2v) is 5.83. The van der Waals surface area contributed by atoms with Crippen LogP contribution in [0.5, 0.6) is 11.5 Å². The van der Waals surface area contributed by atoms with Crippen LogP contribution in [0, 0.1) is 6.92 Å². The highest BCUT2D eigenvalue weighted by Gasteiger charge is 2.07. The van der Waals surface area contributed by atoms with E-state index < -0.39 is 0 Å². The normalized spacial score (nSPS) is 12.1. The van der Waals surface area contributed by atoms with Gasteiger partial charge in [0.05, 0.1) is 13.7 Å². The second-order valence-electron chi connectivity index (χ2n) is 5.83. The molecule has 0 bridgehead atoms. The molecule has 0 aliphatic rings. The van der Waals surface area contributed by atoms with Crippen LogP contribution in [0.2, 0.25) is 0 Å². The molecule has 8 nitrogen and oxygen atoms in total. The summed E-state index contributed by atoms with van der Waals surface area (Å²) < 4.78 is 16.2. The molecular weight excluding hydrogens is 461 g/mol. The SMILES string of the molecule is CN=C(NCCCc1nc(C)no1)NCC(C)Oc1cccc(OC)c1.I. The minimum absolute atomic E-state index is 0. The van der Waals surface area contributed by atoms with Crippen molar-refractivity contribution in [3.63, 3.8) is 0 Å². The molecule has 1 heterocycles. The third-order valence-corrected chi connectivity index (χ3v) is 3.59. The molecule has 0 spiro atoms. The molecule has 0 fully saturated rings. The summed E-state index contributed by atoms with van der Waals surface area (Å²) in [4.78, 5) is 8.39. The van der Waals surface area contributed by atoms with Gasteiger partial charge in [-0.25, -0.2) is 0 Å². The minimum atomic E-state index is -0.0259. The van der Waals surface area contributed by atoms with Crippen molar-refractivity contribution in [1.29, 1.82) is 0 Å². The molecule has 1 atom stereocenters. The van der Waals surface area contributed by atoms with Crippen LogP contribution in [0.4, 0.5) is 0 Å². The number of methoxy groups -OCH3 is 1. The maximum absolute atomic E-state index is 5.88. The Bertz CT molecular complexity index is 708. The highest BCUT2D eigenvalue weighted by Crippen LogP contribution is 2.19. The number of rotatable bonds is 9. The molecule has 1 aromatic heterocycles. The van der Waals surface area contributed by atoms with E-state index in [4.69, 9.17) is 14.0 Å². The van der Waals surface area contributed by atoms with Gasteiger partial charge in [0.25, 0.3) is 0 Å². The summed E-state index contributed by atoms with van der Waals surface area (Å²) in [5, 5.41) is 10.3. The van der Waals surface area contributed by atoms with E-state index in [0.29, 0.717) is 18.3 Å². The Hall–Kier alpha value is -2.04. The first-order chi connectivity index (χ1) is 12.6. The quantitative estimate of drug-likeness (QED) is 0.242. The molecule has 9 heteroatoms. The van der Waals surface area contributed by atoms with Crippen LogP contribution >= 0.6 is 24.0 Å². The summed E-state index contributed by atoms with van der Waals surface area (Å²) in [7, 11) is 3.38. The van der Waals surface area contributed by atoms with E-state index in [1.54, 1.807) is 14.2 Å². The number of halogens is 1. The van der Waals surface area contributed by atoms with E-state index in [1.807, 2.05) is 38.1 Å². The van der Waals surface area contributed by atoms with E-state index in [1.165, 1.54) is 0 Å². The topological polar surface area (TPSA) is 93.8 Å². The predicted octanol–water partition coefficient (Wildman–Crippen LogP) is 2.57.